The largest absolute Gasteiger partial charge is 0.381 e. The van der Waals surface area contributed by atoms with E-state index >= 15 is 0 Å². The van der Waals surface area contributed by atoms with Crippen molar-refractivity contribution in [2.24, 2.45) is 23.2 Å². The molecule has 4 bridgehead atoms. The first-order valence-electron chi connectivity index (χ1n) is 5.73. The summed E-state index contributed by atoms with van der Waals surface area (Å²) >= 11 is 0. The van der Waals surface area contributed by atoms with Crippen LogP contribution in [0.4, 0.5) is 0 Å². The van der Waals surface area contributed by atoms with Gasteiger partial charge in [-0.15, -0.1) is 0 Å². The van der Waals surface area contributed by atoms with Crippen LogP contribution in [-0.2, 0) is 4.74 Å². The molecular formula is C12H20O. The zero-order valence-corrected chi connectivity index (χ0v) is 8.75. The maximum atomic E-state index is 5.67. The number of hydrogen-bond donors (Lipinski definition) is 0. The lowest BCUT2D eigenvalue weighted by molar-refractivity contribution is -0.141. The fraction of sp³-hybridized carbons (Fsp3) is 1.00. The summed E-state index contributed by atoms with van der Waals surface area (Å²) < 4.78 is 5.67. The molecule has 0 spiro atoms. The van der Waals surface area contributed by atoms with Crippen LogP contribution in [0, 0.1) is 23.2 Å². The van der Waals surface area contributed by atoms with Gasteiger partial charge in [-0.25, -0.2) is 0 Å². The highest BCUT2D eigenvalue weighted by Crippen LogP contribution is 2.60. The Kier molecular flexibility index (Phi) is 1.59. The summed E-state index contributed by atoms with van der Waals surface area (Å²) in [6.07, 6.45) is 7.94. The summed E-state index contributed by atoms with van der Waals surface area (Å²) in [5.41, 5.74) is 0.700. The van der Waals surface area contributed by atoms with Gasteiger partial charge in [-0.05, 0) is 55.3 Å². The van der Waals surface area contributed by atoms with Gasteiger partial charge >= 0.3 is 0 Å². The average molecular weight is 180 g/mol. The van der Waals surface area contributed by atoms with Gasteiger partial charge in [-0.1, -0.05) is 6.92 Å². The van der Waals surface area contributed by atoms with Gasteiger partial charge in [0.1, 0.15) is 0 Å². The number of hydrogen-bond acceptors (Lipinski definition) is 1. The number of methoxy groups -OCH3 is 1. The average Bonchev–Trinajstić information content (AvgIpc) is 2.00. The van der Waals surface area contributed by atoms with Crippen LogP contribution in [0.1, 0.15) is 39.0 Å². The Bertz CT molecular complexity index is 207. The highest BCUT2D eigenvalue weighted by molar-refractivity contribution is 5.03. The second kappa shape index (κ2) is 2.50. The summed E-state index contributed by atoms with van der Waals surface area (Å²) in [7, 11) is 1.91. The van der Waals surface area contributed by atoms with E-state index in [4.69, 9.17) is 4.74 Å². The Balaban J connectivity index is 1.90. The van der Waals surface area contributed by atoms with Gasteiger partial charge in [0.25, 0.3) is 0 Å². The first kappa shape index (κ1) is 8.28. The molecule has 0 aromatic carbocycles. The Morgan fingerprint density at radius 3 is 2.15 bits per heavy atom. The smallest absolute Gasteiger partial charge is 0.0628 e. The molecule has 2 atom stereocenters. The summed E-state index contributed by atoms with van der Waals surface area (Å²) in [5.74, 6) is 2.86. The molecule has 1 nitrogen and oxygen atoms in total. The van der Waals surface area contributed by atoms with Crippen LogP contribution in [0.2, 0.25) is 0 Å². The second-order valence-corrected chi connectivity index (χ2v) is 5.98. The topological polar surface area (TPSA) is 9.23 Å². The van der Waals surface area contributed by atoms with Crippen LogP contribution in [0.3, 0.4) is 0 Å². The lowest BCUT2D eigenvalue weighted by Gasteiger charge is -2.58. The molecule has 4 saturated carbocycles. The molecule has 0 saturated heterocycles. The third-order valence-electron chi connectivity index (χ3n) is 4.77. The molecule has 0 aliphatic heterocycles. The maximum Gasteiger partial charge on any atom is 0.0628 e. The van der Waals surface area contributed by atoms with E-state index < -0.39 is 0 Å². The molecule has 0 aromatic rings. The van der Waals surface area contributed by atoms with E-state index in [0.717, 1.165) is 17.8 Å². The van der Waals surface area contributed by atoms with Crippen molar-refractivity contribution in [3.63, 3.8) is 0 Å². The summed E-state index contributed by atoms with van der Waals surface area (Å²) in [5, 5.41) is 0. The van der Waals surface area contributed by atoms with Crippen LogP contribution in [-0.4, -0.2) is 13.2 Å². The van der Waals surface area contributed by atoms with E-state index in [0.29, 0.717) is 11.5 Å². The monoisotopic (exact) mass is 180 g/mol. The predicted molar refractivity (Wildman–Crippen MR) is 52.5 cm³/mol. The van der Waals surface area contributed by atoms with Gasteiger partial charge in [0.2, 0.25) is 0 Å². The van der Waals surface area contributed by atoms with Crippen molar-refractivity contribution in [2.45, 2.75) is 45.1 Å². The van der Waals surface area contributed by atoms with Gasteiger partial charge in [0, 0.05) is 7.11 Å². The van der Waals surface area contributed by atoms with E-state index in [-0.39, 0.29) is 0 Å². The molecule has 0 heterocycles. The van der Waals surface area contributed by atoms with Crippen molar-refractivity contribution in [1.82, 2.24) is 0 Å². The highest BCUT2D eigenvalue weighted by atomic mass is 16.5. The minimum atomic E-state index is 0.615. The predicted octanol–water partition coefficient (Wildman–Crippen LogP) is 2.85. The molecule has 4 aliphatic rings. The van der Waals surface area contributed by atoms with E-state index in [2.05, 4.69) is 6.92 Å². The second-order valence-electron chi connectivity index (χ2n) is 5.98. The molecule has 4 rings (SSSR count). The number of ether oxygens (including phenoxy) is 1. The van der Waals surface area contributed by atoms with Crippen LogP contribution in [0.5, 0.6) is 0 Å². The Hall–Kier alpha value is -0.0400. The molecule has 13 heavy (non-hydrogen) atoms. The molecule has 74 valence electrons. The van der Waals surface area contributed by atoms with E-state index in [9.17, 15) is 0 Å². The maximum absolute atomic E-state index is 5.67. The van der Waals surface area contributed by atoms with Crippen LogP contribution in [0.15, 0.2) is 0 Å². The van der Waals surface area contributed by atoms with E-state index in [1.54, 1.807) is 0 Å². The highest BCUT2D eigenvalue weighted by Gasteiger charge is 2.53. The summed E-state index contributed by atoms with van der Waals surface area (Å²) in [6, 6.07) is 0. The molecule has 2 unspecified atom stereocenters. The minimum Gasteiger partial charge on any atom is -0.381 e. The summed E-state index contributed by atoms with van der Waals surface area (Å²) in [4.78, 5) is 0. The quantitative estimate of drug-likeness (QED) is 0.603. The molecule has 0 aromatic heterocycles. The molecule has 1 heteroatoms. The van der Waals surface area contributed by atoms with Crippen molar-refractivity contribution >= 4 is 0 Å². The van der Waals surface area contributed by atoms with Crippen molar-refractivity contribution in [1.29, 1.82) is 0 Å². The van der Waals surface area contributed by atoms with Crippen molar-refractivity contribution in [2.75, 3.05) is 7.11 Å². The van der Waals surface area contributed by atoms with Gasteiger partial charge in [-0.3, -0.25) is 0 Å². The Morgan fingerprint density at radius 2 is 1.69 bits per heavy atom. The Labute approximate surface area is 80.8 Å². The molecule has 0 amide bonds. The van der Waals surface area contributed by atoms with Crippen LogP contribution in [0.25, 0.3) is 0 Å². The van der Waals surface area contributed by atoms with Gasteiger partial charge in [0.05, 0.1) is 6.10 Å². The van der Waals surface area contributed by atoms with Gasteiger partial charge < -0.3 is 4.74 Å². The minimum absolute atomic E-state index is 0.615. The first-order chi connectivity index (χ1) is 6.20. The van der Waals surface area contributed by atoms with Crippen molar-refractivity contribution in [3.8, 4) is 0 Å². The zero-order valence-electron chi connectivity index (χ0n) is 8.75. The van der Waals surface area contributed by atoms with Crippen molar-refractivity contribution in [3.05, 3.63) is 0 Å². The van der Waals surface area contributed by atoms with Crippen LogP contribution >= 0.6 is 0 Å². The normalized spacial score (nSPS) is 58.6. The Morgan fingerprint density at radius 1 is 1.08 bits per heavy atom. The van der Waals surface area contributed by atoms with E-state index in [1.807, 2.05) is 7.11 Å². The molecule has 4 fully saturated rings. The fourth-order valence-corrected chi connectivity index (χ4v) is 4.77. The molecular weight excluding hydrogens is 160 g/mol. The standard InChI is InChI=1S/C12H20O/c1-12-5-8-3-9(6-12)11(13-2)10(4-8)7-12/h8-11H,3-7H2,1-2H3. The SMILES string of the molecule is COC1C2CC3CC1CC(C)(C3)C2. The summed E-state index contributed by atoms with van der Waals surface area (Å²) in [6.45, 7) is 2.50. The van der Waals surface area contributed by atoms with E-state index in [1.165, 1.54) is 32.1 Å². The van der Waals surface area contributed by atoms with Crippen molar-refractivity contribution < 1.29 is 4.74 Å². The van der Waals surface area contributed by atoms with Gasteiger partial charge in [0.15, 0.2) is 0 Å². The van der Waals surface area contributed by atoms with Crippen LogP contribution < -0.4 is 0 Å². The molecule has 4 aliphatic carbocycles. The first-order valence-corrected chi connectivity index (χ1v) is 5.73. The third kappa shape index (κ3) is 1.09. The zero-order chi connectivity index (χ0) is 9.05. The lowest BCUT2D eigenvalue weighted by atomic mass is 9.49. The molecule has 0 radical (unpaired) electrons. The lowest BCUT2D eigenvalue weighted by Crippen LogP contribution is -2.53. The fourth-order valence-electron chi connectivity index (χ4n) is 4.77. The molecule has 0 N–H and O–H groups in total. The third-order valence-corrected chi connectivity index (χ3v) is 4.77. The van der Waals surface area contributed by atoms with Gasteiger partial charge in [-0.2, -0.15) is 0 Å². The number of rotatable bonds is 1.